The standard InChI is InChI=1S/C15H16ClN3O5/c1-8-17-13(24-19-8)6-5-12(20)18-14(15(21)22)9-3-4-11(23-2)10(16)7-9/h3-4,7,14H,5-6H2,1-2H3,(H,18,20)(H,21,22). The Hall–Kier alpha value is -2.61. The Balaban J connectivity index is 2.03. The quantitative estimate of drug-likeness (QED) is 0.781. The number of aromatic nitrogens is 2. The number of aliphatic carboxylic acids is 1. The summed E-state index contributed by atoms with van der Waals surface area (Å²) in [5, 5.41) is 15.7. The number of carboxylic acids is 1. The van der Waals surface area contributed by atoms with Crippen LogP contribution in [-0.4, -0.2) is 34.2 Å². The Morgan fingerprint density at radius 1 is 1.46 bits per heavy atom. The highest BCUT2D eigenvalue weighted by Gasteiger charge is 2.23. The minimum Gasteiger partial charge on any atom is -0.495 e. The average Bonchev–Trinajstić information content (AvgIpc) is 2.95. The van der Waals surface area contributed by atoms with Gasteiger partial charge in [-0.2, -0.15) is 4.98 Å². The summed E-state index contributed by atoms with van der Waals surface area (Å²) in [5.74, 6) is -0.435. The van der Waals surface area contributed by atoms with Crippen LogP contribution in [0.2, 0.25) is 5.02 Å². The second-order valence-electron chi connectivity index (χ2n) is 4.97. The normalized spacial score (nSPS) is 11.8. The van der Waals surface area contributed by atoms with Crippen molar-refractivity contribution in [1.29, 1.82) is 0 Å². The number of carbonyl (C=O) groups excluding carboxylic acids is 1. The second kappa shape index (κ2) is 7.78. The van der Waals surface area contributed by atoms with Gasteiger partial charge in [0.1, 0.15) is 5.75 Å². The highest BCUT2D eigenvalue weighted by molar-refractivity contribution is 6.32. The fourth-order valence-corrected chi connectivity index (χ4v) is 2.31. The summed E-state index contributed by atoms with van der Waals surface area (Å²) in [6.45, 7) is 1.67. The topological polar surface area (TPSA) is 115 Å². The number of nitrogens with one attached hydrogen (secondary N) is 1. The summed E-state index contributed by atoms with van der Waals surface area (Å²) in [4.78, 5) is 27.4. The maximum absolute atomic E-state index is 12.0. The van der Waals surface area contributed by atoms with E-state index in [-0.39, 0.29) is 17.9 Å². The van der Waals surface area contributed by atoms with Gasteiger partial charge in [0.25, 0.3) is 0 Å². The molecule has 2 N–H and O–H groups in total. The van der Waals surface area contributed by atoms with Crippen LogP contribution in [0, 0.1) is 6.92 Å². The number of carboxylic acid groups (broad SMARTS) is 1. The monoisotopic (exact) mass is 353 g/mol. The molecule has 8 nitrogen and oxygen atoms in total. The molecule has 1 atom stereocenters. The van der Waals surface area contributed by atoms with E-state index in [0.717, 1.165) is 0 Å². The largest absolute Gasteiger partial charge is 0.495 e. The van der Waals surface area contributed by atoms with Crippen LogP contribution < -0.4 is 10.1 Å². The molecule has 1 aromatic heterocycles. The van der Waals surface area contributed by atoms with Gasteiger partial charge in [-0.3, -0.25) is 4.79 Å². The minimum absolute atomic E-state index is 0.0231. The van der Waals surface area contributed by atoms with Crippen molar-refractivity contribution >= 4 is 23.5 Å². The minimum atomic E-state index is -1.22. The predicted octanol–water partition coefficient (Wildman–Crippen LogP) is 1.91. The molecule has 2 rings (SSSR count). The van der Waals surface area contributed by atoms with Crippen molar-refractivity contribution in [3.8, 4) is 5.75 Å². The zero-order valence-electron chi connectivity index (χ0n) is 13.1. The number of benzene rings is 1. The Bertz CT molecular complexity index is 746. The van der Waals surface area contributed by atoms with Crippen LogP contribution >= 0.6 is 11.6 Å². The van der Waals surface area contributed by atoms with Crippen LogP contribution in [0.25, 0.3) is 0 Å². The van der Waals surface area contributed by atoms with Crippen molar-refractivity contribution in [2.24, 2.45) is 0 Å². The fraction of sp³-hybridized carbons (Fsp3) is 0.333. The maximum Gasteiger partial charge on any atom is 0.330 e. The molecule has 1 amide bonds. The summed E-state index contributed by atoms with van der Waals surface area (Å²) in [6.07, 6.45) is 0.248. The van der Waals surface area contributed by atoms with Crippen molar-refractivity contribution in [2.45, 2.75) is 25.8 Å². The first kappa shape index (κ1) is 17.7. The van der Waals surface area contributed by atoms with Gasteiger partial charge >= 0.3 is 5.97 Å². The molecule has 2 aromatic rings. The van der Waals surface area contributed by atoms with Gasteiger partial charge in [0.05, 0.1) is 12.1 Å². The molecular formula is C15H16ClN3O5. The molecule has 24 heavy (non-hydrogen) atoms. The van der Waals surface area contributed by atoms with Gasteiger partial charge in [0.15, 0.2) is 11.9 Å². The molecule has 0 bridgehead atoms. The van der Waals surface area contributed by atoms with E-state index in [9.17, 15) is 14.7 Å². The van der Waals surface area contributed by atoms with Crippen LogP contribution in [0.5, 0.6) is 5.75 Å². The van der Waals surface area contributed by atoms with E-state index < -0.39 is 17.9 Å². The molecular weight excluding hydrogens is 338 g/mol. The maximum atomic E-state index is 12.0. The van der Waals surface area contributed by atoms with Gasteiger partial charge in [-0.25, -0.2) is 4.79 Å². The summed E-state index contributed by atoms with van der Waals surface area (Å²) in [6, 6.07) is 3.30. The number of rotatable bonds is 7. The lowest BCUT2D eigenvalue weighted by Gasteiger charge is -2.15. The van der Waals surface area contributed by atoms with Crippen LogP contribution in [0.1, 0.15) is 29.7 Å². The molecule has 0 aliphatic rings. The number of carbonyl (C=O) groups is 2. The molecule has 9 heteroatoms. The Kier molecular flexibility index (Phi) is 5.75. The lowest BCUT2D eigenvalue weighted by molar-refractivity contribution is -0.142. The molecule has 0 saturated carbocycles. The molecule has 0 radical (unpaired) electrons. The van der Waals surface area contributed by atoms with Gasteiger partial charge in [0.2, 0.25) is 11.8 Å². The van der Waals surface area contributed by atoms with Crippen molar-refractivity contribution in [1.82, 2.24) is 15.5 Å². The Morgan fingerprint density at radius 3 is 2.75 bits per heavy atom. The summed E-state index contributed by atoms with van der Waals surface area (Å²) in [5.41, 5.74) is 0.343. The Morgan fingerprint density at radius 2 is 2.21 bits per heavy atom. The van der Waals surface area contributed by atoms with E-state index in [2.05, 4.69) is 15.5 Å². The lowest BCUT2D eigenvalue weighted by Crippen LogP contribution is -2.33. The smallest absolute Gasteiger partial charge is 0.330 e. The Labute approximate surface area is 142 Å². The molecule has 1 unspecified atom stereocenters. The molecule has 0 aliphatic heterocycles. The van der Waals surface area contributed by atoms with E-state index in [0.29, 0.717) is 23.0 Å². The van der Waals surface area contributed by atoms with Gasteiger partial charge in [0, 0.05) is 12.8 Å². The number of hydrogen-bond donors (Lipinski definition) is 2. The molecule has 0 aliphatic carbocycles. The van der Waals surface area contributed by atoms with Gasteiger partial charge in [-0.15, -0.1) is 0 Å². The van der Waals surface area contributed by atoms with E-state index in [1.807, 2.05) is 0 Å². The van der Waals surface area contributed by atoms with Crippen molar-refractivity contribution in [3.05, 3.63) is 40.5 Å². The van der Waals surface area contributed by atoms with Crippen LogP contribution in [0.4, 0.5) is 0 Å². The van der Waals surface area contributed by atoms with Crippen molar-refractivity contribution in [2.75, 3.05) is 7.11 Å². The number of hydrogen-bond acceptors (Lipinski definition) is 6. The van der Waals surface area contributed by atoms with Crippen molar-refractivity contribution < 1.29 is 24.0 Å². The third-order valence-electron chi connectivity index (χ3n) is 3.20. The molecule has 0 spiro atoms. The number of halogens is 1. The van der Waals surface area contributed by atoms with E-state index in [1.165, 1.54) is 19.2 Å². The van der Waals surface area contributed by atoms with Crippen molar-refractivity contribution in [3.63, 3.8) is 0 Å². The number of ether oxygens (including phenoxy) is 1. The zero-order valence-corrected chi connectivity index (χ0v) is 13.8. The second-order valence-corrected chi connectivity index (χ2v) is 5.38. The number of methoxy groups -OCH3 is 1. The van der Waals surface area contributed by atoms with Crippen LogP contribution in [0.15, 0.2) is 22.7 Å². The number of amides is 1. The van der Waals surface area contributed by atoms with Gasteiger partial charge < -0.3 is 19.7 Å². The SMILES string of the molecule is COc1ccc(C(NC(=O)CCc2nc(C)no2)C(=O)O)cc1Cl. The number of nitrogens with zero attached hydrogens (tertiary/aromatic N) is 2. The molecule has 1 aromatic carbocycles. The first-order chi connectivity index (χ1) is 11.4. The molecule has 1 heterocycles. The van der Waals surface area contributed by atoms with E-state index in [4.69, 9.17) is 20.9 Å². The van der Waals surface area contributed by atoms with Gasteiger partial charge in [-0.05, 0) is 24.6 Å². The summed E-state index contributed by atoms with van der Waals surface area (Å²) < 4.78 is 9.93. The fourth-order valence-electron chi connectivity index (χ4n) is 2.05. The predicted molar refractivity (Wildman–Crippen MR) is 83.9 cm³/mol. The zero-order chi connectivity index (χ0) is 17.7. The highest BCUT2D eigenvalue weighted by atomic mass is 35.5. The molecule has 0 saturated heterocycles. The number of aryl methyl sites for hydroxylation is 2. The molecule has 0 fully saturated rings. The first-order valence-electron chi connectivity index (χ1n) is 7.05. The highest BCUT2D eigenvalue weighted by Crippen LogP contribution is 2.27. The van der Waals surface area contributed by atoms with Crippen LogP contribution in [0.3, 0.4) is 0 Å². The third kappa shape index (κ3) is 4.45. The average molecular weight is 354 g/mol. The first-order valence-corrected chi connectivity index (χ1v) is 7.43. The lowest BCUT2D eigenvalue weighted by atomic mass is 10.1. The van der Waals surface area contributed by atoms with Crippen LogP contribution in [-0.2, 0) is 16.0 Å². The summed E-state index contributed by atoms with van der Waals surface area (Å²) >= 11 is 6.00. The van der Waals surface area contributed by atoms with Gasteiger partial charge in [-0.1, -0.05) is 22.8 Å². The van der Waals surface area contributed by atoms with E-state index in [1.54, 1.807) is 13.0 Å². The summed E-state index contributed by atoms with van der Waals surface area (Å²) in [7, 11) is 1.45. The molecule has 128 valence electrons. The third-order valence-corrected chi connectivity index (χ3v) is 3.49. The van der Waals surface area contributed by atoms with E-state index >= 15 is 0 Å².